The maximum absolute atomic E-state index is 13.1. The van der Waals surface area contributed by atoms with E-state index in [1.54, 1.807) is 30.3 Å². The molecule has 0 radical (unpaired) electrons. The molecule has 32 heavy (non-hydrogen) atoms. The van der Waals surface area contributed by atoms with Crippen LogP contribution in [0.25, 0.3) is 0 Å². The normalized spacial score (nSPS) is 16.8. The fraction of sp³-hybridized carbons (Fsp3) is 0.409. The van der Waals surface area contributed by atoms with E-state index in [0.29, 0.717) is 49.2 Å². The van der Waals surface area contributed by atoms with E-state index < -0.39 is 10.0 Å². The zero-order valence-corrected chi connectivity index (χ0v) is 18.7. The number of hydrogen-bond acceptors (Lipinski definition) is 7. The van der Waals surface area contributed by atoms with Crippen LogP contribution >= 0.6 is 0 Å². The molecule has 0 atom stereocenters. The first kappa shape index (κ1) is 22.4. The van der Waals surface area contributed by atoms with Crippen LogP contribution in [0.1, 0.15) is 12.0 Å². The number of amides is 1. The molecule has 2 aromatic rings. The fourth-order valence-electron chi connectivity index (χ4n) is 3.59. The average Bonchev–Trinajstić information content (AvgIpc) is 3.04. The van der Waals surface area contributed by atoms with Crippen molar-refractivity contribution in [1.29, 1.82) is 0 Å². The van der Waals surface area contributed by atoms with Crippen LogP contribution < -0.4 is 19.5 Å². The number of carbonyl (C=O) groups is 1. The van der Waals surface area contributed by atoms with Gasteiger partial charge in [0.25, 0.3) is 0 Å². The molecule has 2 heterocycles. The number of benzene rings is 2. The summed E-state index contributed by atoms with van der Waals surface area (Å²) < 4.78 is 49.4. The van der Waals surface area contributed by atoms with Crippen molar-refractivity contribution in [3.05, 3.63) is 42.0 Å². The standard InChI is InChI=1S/C22H26N2O7S/c1-28-19-5-3-16(13-21(19)32(26,27)24-7-11-29-12-8-24)14-22(25)23-17-4-6-18-20(15-17)31-10-2-9-30-18/h3-6,13,15H,2,7-12,14H2,1H3,(H,23,25). The number of rotatable bonds is 6. The first-order valence-electron chi connectivity index (χ1n) is 10.4. The molecule has 10 heteroatoms. The van der Waals surface area contributed by atoms with Crippen molar-refractivity contribution in [3.63, 3.8) is 0 Å². The van der Waals surface area contributed by atoms with E-state index in [1.165, 1.54) is 17.5 Å². The Labute approximate surface area is 187 Å². The highest BCUT2D eigenvalue weighted by Crippen LogP contribution is 2.32. The first-order valence-corrected chi connectivity index (χ1v) is 11.9. The largest absolute Gasteiger partial charge is 0.495 e. The lowest BCUT2D eigenvalue weighted by atomic mass is 10.1. The minimum absolute atomic E-state index is 0.00404. The van der Waals surface area contributed by atoms with Gasteiger partial charge in [-0.25, -0.2) is 8.42 Å². The van der Waals surface area contributed by atoms with Crippen LogP contribution in [-0.4, -0.2) is 65.3 Å². The molecule has 1 amide bonds. The molecule has 172 valence electrons. The fourth-order valence-corrected chi connectivity index (χ4v) is 5.20. The third kappa shape index (κ3) is 4.98. The van der Waals surface area contributed by atoms with Crippen molar-refractivity contribution in [2.24, 2.45) is 0 Å². The Balaban J connectivity index is 1.50. The second-order valence-electron chi connectivity index (χ2n) is 7.44. The van der Waals surface area contributed by atoms with Crippen molar-refractivity contribution in [2.75, 3.05) is 51.9 Å². The lowest BCUT2D eigenvalue weighted by molar-refractivity contribution is -0.115. The van der Waals surface area contributed by atoms with E-state index in [1.807, 2.05) is 0 Å². The molecule has 2 aliphatic heterocycles. The molecule has 1 saturated heterocycles. The van der Waals surface area contributed by atoms with Crippen LogP contribution in [0.2, 0.25) is 0 Å². The first-order chi connectivity index (χ1) is 15.5. The molecule has 1 fully saturated rings. The molecule has 0 unspecified atom stereocenters. The third-order valence-corrected chi connectivity index (χ3v) is 7.13. The van der Waals surface area contributed by atoms with Gasteiger partial charge < -0.3 is 24.3 Å². The summed E-state index contributed by atoms with van der Waals surface area (Å²) in [5, 5.41) is 2.83. The highest BCUT2D eigenvalue weighted by molar-refractivity contribution is 7.89. The van der Waals surface area contributed by atoms with Crippen molar-refractivity contribution in [1.82, 2.24) is 4.31 Å². The number of anilines is 1. The number of nitrogens with zero attached hydrogens (tertiary/aromatic N) is 1. The van der Waals surface area contributed by atoms with E-state index in [9.17, 15) is 13.2 Å². The van der Waals surface area contributed by atoms with Crippen LogP contribution in [0.5, 0.6) is 17.2 Å². The average molecular weight is 463 g/mol. The summed E-state index contributed by atoms with van der Waals surface area (Å²) in [6.45, 7) is 2.39. The number of methoxy groups -OCH3 is 1. The van der Waals surface area contributed by atoms with E-state index in [0.717, 1.165) is 6.42 Å². The Hall–Kier alpha value is -2.82. The molecule has 2 aliphatic rings. The van der Waals surface area contributed by atoms with Gasteiger partial charge >= 0.3 is 0 Å². The SMILES string of the molecule is COc1ccc(CC(=O)Nc2ccc3c(c2)OCCCO3)cc1S(=O)(=O)N1CCOCC1. The minimum atomic E-state index is -3.77. The molecule has 0 saturated carbocycles. The van der Waals surface area contributed by atoms with Gasteiger partial charge in [-0.1, -0.05) is 6.07 Å². The van der Waals surface area contributed by atoms with Gasteiger partial charge in [0, 0.05) is 31.3 Å². The second kappa shape index (κ2) is 9.76. The number of morpholine rings is 1. The maximum Gasteiger partial charge on any atom is 0.246 e. The van der Waals surface area contributed by atoms with Gasteiger partial charge in [0.05, 0.1) is 40.0 Å². The number of fused-ring (bicyclic) bond motifs is 1. The second-order valence-corrected chi connectivity index (χ2v) is 9.34. The lowest BCUT2D eigenvalue weighted by Gasteiger charge is -2.26. The number of carbonyl (C=O) groups excluding carboxylic acids is 1. The summed E-state index contributed by atoms with van der Waals surface area (Å²) in [6, 6.07) is 9.98. The molecule has 9 nitrogen and oxygen atoms in total. The van der Waals surface area contributed by atoms with Gasteiger partial charge in [-0.05, 0) is 29.8 Å². The van der Waals surface area contributed by atoms with Gasteiger partial charge in [0.15, 0.2) is 11.5 Å². The van der Waals surface area contributed by atoms with Crippen molar-refractivity contribution < 1.29 is 32.2 Å². The molecule has 0 aromatic heterocycles. The van der Waals surface area contributed by atoms with Crippen LogP contribution in [0.15, 0.2) is 41.3 Å². The number of hydrogen-bond donors (Lipinski definition) is 1. The van der Waals surface area contributed by atoms with Crippen LogP contribution in [-0.2, 0) is 26.0 Å². The summed E-state index contributed by atoms with van der Waals surface area (Å²) in [6.07, 6.45) is 0.799. The van der Waals surface area contributed by atoms with Gasteiger partial charge in [-0.15, -0.1) is 0 Å². The van der Waals surface area contributed by atoms with Crippen LogP contribution in [0.4, 0.5) is 5.69 Å². The number of sulfonamides is 1. The van der Waals surface area contributed by atoms with E-state index in [2.05, 4.69) is 5.32 Å². The molecule has 1 N–H and O–H groups in total. The van der Waals surface area contributed by atoms with E-state index >= 15 is 0 Å². The van der Waals surface area contributed by atoms with Gasteiger partial charge in [-0.3, -0.25) is 4.79 Å². The minimum Gasteiger partial charge on any atom is -0.495 e. The molecular weight excluding hydrogens is 436 g/mol. The smallest absolute Gasteiger partial charge is 0.246 e. The molecular formula is C22H26N2O7S. The third-order valence-electron chi connectivity index (χ3n) is 5.21. The van der Waals surface area contributed by atoms with Crippen LogP contribution in [0, 0.1) is 0 Å². The van der Waals surface area contributed by atoms with E-state index in [-0.39, 0.29) is 36.1 Å². The zero-order valence-electron chi connectivity index (χ0n) is 17.8. The van der Waals surface area contributed by atoms with Crippen LogP contribution in [0.3, 0.4) is 0 Å². The Morgan fingerprint density at radius 2 is 1.78 bits per heavy atom. The predicted octanol–water partition coefficient (Wildman–Crippen LogP) is 2.06. The Morgan fingerprint density at radius 3 is 2.53 bits per heavy atom. The molecule has 0 bridgehead atoms. The summed E-state index contributed by atoms with van der Waals surface area (Å²) in [5.41, 5.74) is 1.14. The van der Waals surface area contributed by atoms with Crippen molar-refractivity contribution >= 4 is 21.6 Å². The Morgan fingerprint density at radius 1 is 1.03 bits per heavy atom. The summed E-state index contributed by atoms with van der Waals surface area (Å²) in [4.78, 5) is 12.7. The number of ether oxygens (including phenoxy) is 4. The lowest BCUT2D eigenvalue weighted by Crippen LogP contribution is -2.40. The summed E-state index contributed by atoms with van der Waals surface area (Å²) >= 11 is 0. The van der Waals surface area contributed by atoms with Crippen molar-refractivity contribution in [2.45, 2.75) is 17.7 Å². The quantitative estimate of drug-likeness (QED) is 0.701. The highest BCUT2D eigenvalue weighted by Gasteiger charge is 2.29. The van der Waals surface area contributed by atoms with Crippen molar-refractivity contribution in [3.8, 4) is 17.2 Å². The van der Waals surface area contributed by atoms with Gasteiger partial charge in [-0.2, -0.15) is 4.31 Å². The van der Waals surface area contributed by atoms with E-state index in [4.69, 9.17) is 18.9 Å². The van der Waals surface area contributed by atoms with Gasteiger partial charge in [0.2, 0.25) is 15.9 Å². The summed E-state index contributed by atoms with van der Waals surface area (Å²) in [7, 11) is -2.35. The summed E-state index contributed by atoms with van der Waals surface area (Å²) in [5.74, 6) is 1.19. The maximum atomic E-state index is 13.1. The highest BCUT2D eigenvalue weighted by atomic mass is 32.2. The topological polar surface area (TPSA) is 103 Å². The Kier molecular flexibility index (Phi) is 6.83. The number of nitrogens with one attached hydrogen (secondary N) is 1. The molecule has 0 aliphatic carbocycles. The predicted molar refractivity (Wildman–Crippen MR) is 117 cm³/mol. The molecule has 0 spiro atoms. The molecule has 4 rings (SSSR count). The zero-order chi connectivity index (χ0) is 22.6. The molecule has 2 aromatic carbocycles. The Bertz CT molecular complexity index is 1080. The van der Waals surface area contributed by atoms with Gasteiger partial charge in [0.1, 0.15) is 10.6 Å². The monoisotopic (exact) mass is 462 g/mol.